The van der Waals surface area contributed by atoms with Gasteiger partial charge in [0.15, 0.2) is 0 Å². The van der Waals surface area contributed by atoms with E-state index in [1.54, 1.807) is 6.21 Å². The predicted molar refractivity (Wildman–Crippen MR) is 77.2 cm³/mol. The fraction of sp³-hybridized carbons (Fsp3) is 0.308. The Morgan fingerprint density at radius 1 is 1.42 bits per heavy atom. The van der Waals surface area contributed by atoms with Crippen molar-refractivity contribution < 1.29 is 4.74 Å². The van der Waals surface area contributed by atoms with Crippen LogP contribution in [0.1, 0.15) is 25.3 Å². The zero-order valence-corrected chi connectivity index (χ0v) is 11.6. The summed E-state index contributed by atoms with van der Waals surface area (Å²) in [6.07, 6.45) is 5.46. The molecule has 0 fully saturated rings. The van der Waals surface area contributed by atoms with E-state index in [2.05, 4.69) is 22.2 Å². The summed E-state index contributed by atoms with van der Waals surface area (Å²) in [6, 6.07) is 7.78. The molecular weight excluding hydrogens is 260 g/mol. The molecule has 0 amide bonds. The Morgan fingerprint density at radius 2 is 2.21 bits per heavy atom. The number of unbranched alkanes of at least 4 members (excludes halogenated alkanes) is 1. The van der Waals surface area contributed by atoms with Crippen LogP contribution < -0.4 is 4.74 Å². The number of nitrogens with zero attached hydrogens (tertiary/aromatic N) is 3. The third kappa shape index (κ3) is 4.03. The first-order valence-corrected chi connectivity index (χ1v) is 6.59. The maximum atomic E-state index is 5.59. The van der Waals surface area contributed by atoms with Crippen molar-refractivity contribution in [1.82, 2.24) is 14.9 Å². The first-order valence-electron chi connectivity index (χ1n) is 6.19. The molecule has 0 aliphatic heterocycles. The Morgan fingerprint density at radius 3 is 2.84 bits per heavy atom. The van der Waals surface area contributed by atoms with Crippen molar-refractivity contribution in [2.24, 2.45) is 5.10 Å². The summed E-state index contributed by atoms with van der Waals surface area (Å²) in [5.74, 6) is 0.880. The van der Waals surface area contributed by atoms with E-state index in [0.29, 0.717) is 4.77 Å². The van der Waals surface area contributed by atoms with Crippen LogP contribution in [-0.2, 0) is 0 Å². The second-order valence-corrected chi connectivity index (χ2v) is 4.41. The normalized spacial score (nSPS) is 11.0. The molecule has 0 saturated carbocycles. The van der Waals surface area contributed by atoms with Crippen LogP contribution in [-0.4, -0.2) is 27.7 Å². The van der Waals surface area contributed by atoms with E-state index >= 15 is 0 Å². The van der Waals surface area contributed by atoms with Gasteiger partial charge in [0, 0.05) is 0 Å². The molecule has 19 heavy (non-hydrogen) atoms. The molecule has 1 N–H and O–H groups in total. The Labute approximate surface area is 116 Å². The highest BCUT2D eigenvalue weighted by Crippen LogP contribution is 2.11. The number of aromatic nitrogens is 3. The average molecular weight is 276 g/mol. The van der Waals surface area contributed by atoms with Gasteiger partial charge in [-0.2, -0.15) is 14.9 Å². The summed E-state index contributed by atoms with van der Waals surface area (Å²) in [6.45, 7) is 2.90. The van der Waals surface area contributed by atoms with E-state index in [1.807, 2.05) is 24.3 Å². The van der Waals surface area contributed by atoms with Gasteiger partial charge in [-0.3, -0.25) is 5.10 Å². The van der Waals surface area contributed by atoms with Crippen molar-refractivity contribution in [2.75, 3.05) is 6.61 Å². The van der Waals surface area contributed by atoms with Crippen LogP contribution in [0.5, 0.6) is 5.75 Å². The van der Waals surface area contributed by atoms with Crippen LogP contribution >= 0.6 is 12.2 Å². The fourth-order valence-corrected chi connectivity index (χ4v) is 1.59. The molecule has 6 heteroatoms. The van der Waals surface area contributed by atoms with Gasteiger partial charge in [-0.05, 0) is 48.5 Å². The minimum Gasteiger partial charge on any atom is -0.494 e. The highest BCUT2D eigenvalue weighted by atomic mass is 32.1. The first kappa shape index (κ1) is 13.5. The molecule has 1 aromatic carbocycles. The summed E-state index contributed by atoms with van der Waals surface area (Å²) in [5.41, 5.74) is 0.978. The van der Waals surface area contributed by atoms with E-state index in [9.17, 15) is 0 Å². The van der Waals surface area contributed by atoms with Gasteiger partial charge in [0.1, 0.15) is 12.1 Å². The number of hydrogen-bond acceptors (Lipinski definition) is 4. The minimum atomic E-state index is 0.468. The van der Waals surface area contributed by atoms with E-state index < -0.39 is 0 Å². The lowest BCUT2D eigenvalue weighted by atomic mass is 10.2. The molecule has 0 aliphatic rings. The summed E-state index contributed by atoms with van der Waals surface area (Å²) >= 11 is 4.99. The lowest BCUT2D eigenvalue weighted by Gasteiger charge is -2.04. The second-order valence-electron chi connectivity index (χ2n) is 4.02. The largest absolute Gasteiger partial charge is 0.494 e. The monoisotopic (exact) mass is 276 g/mol. The molecule has 1 aromatic heterocycles. The topological polar surface area (TPSA) is 55.2 Å². The van der Waals surface area contributed by atoms with E-state index in [0.717, 1.165) is 30.8 Å². The maximum Gasteiger partial charge on any atom is 0.216 e. The number of nitrogens with one attached hydrogen (secondary N) is 1. The quantitative estimate of drug-likeness (QED) is 0.501. The maximum absolute atomic E-state index is 5.59. The van der Waals surface area contributed by atoms with Gasteiger partial charge in [0.2, 0.25) is 4.77 Å². The molecular formula is C13H16N4OS. The molecule has 0 atom stereocenters. The molecule has 2 rings (SSSR count). The SMILES string of the molecule is CCCCOc1ccc(/C=N/n2cn[nH]c2=S)cc1. The molecule has 5 nitrogen and oxygen atoms in total. The molecule has 0 aliphatic carbocycles. The third-order valence-electron chi connectivity index (χ3n) is 2.51. The van der Waals surface area contributed by atoms with Gasteiger partial charge in [-0.25, -0.2) is 0 Å². The van der Waals surface area contributed by atoms with Crippen molar-refractivity contribution in [3.05, 3.63) is 40.9 Å². The summed E-state index contributed by atoms with van der Waals surface area (Å²) in [7, 11) is 0. The Bertz CT molecular complexity index is 585. The predicted octanol–water partition coefficient (Wildman–Crippen LogP) is 3.00. The Hall–Kier alpha value is -1.95. The highest BCUT2D eigenvalue weighted by Gasteiger charge is 1.94. The van der Waals surface area contributed by atoms with Crippen LogP contribution in [0.4, 0.5) is 0 Å². The smallest absolute Gasteiger partial charge is 0.216 e. The van der Waals surface area contributed by atoms with Crippen molar-refractivity contribution in [3.8, 4) is 5.75 Å². The lowest BCUT2D eigenvalue weighted by Crippen LogP contribution is -1.96. The summed E-state index contributed by atoms with van der Waals surface area (Å²) < 4.78 is 7.56. The number of hydrogen-bond donors (Lipinski definition) is 1. The van der Waals surface area contributed by atoms with Crippen LogP contribution in [0, 0.1) is 4.77 Å². The standard InChI is InChI=1S/C13H16N4OS/c1-2-3-8-18-12-6-4-11(5-7-12)9-15-17-10-14-16-13(17)19/h4-7,9-10H,2-3,8H2,1H3,(H,16,19)/b15-9+. The Kier molecular flexibility index (Phi) is 4.85. The van der Waals surface area contributed by atoms with Gasteiger partial charge in [-0.1, -0.05) is 13.3 Å². The molecule has 2 aromatic rings. The molecule has 100 valence electrons. The van der Waals surface area contributed by atoms with Crippen LogP contribution in [0.15, 0.2) is 35.7 Å². The average Bonchev–Trinajstić information content (AvgIpc) is 2.84. The molecule has 1 heterocycles. The lowest BCUT2D eigenvalue weighted by molar-refractivity contribution is 0.309. The van der Waals surface area contributed by atoms with Crippen LogP contribution in [0.3, 0.4) is 0 Å². The molecule has 0 radical (unpaired) electrons. The first-order chi connectivity index (χ1) is 9.29. The van der Waals surface area contributed by atoms with Crippen molar-refractivity contribution in [3.63, 3.8) is 0 Å². The molecule has 0 unspecified atom stereocenters. The number of rotatable bonds is 6. The zero-order valence-electron chi connectivity index (χ0n) is 10.7. The second kappa shape index (κ2) is 6.84. The number of H-pyrrole nitrogens is 1. The highest BCUT2D eigenvalue weighted by molar-refractivity contribution is 7.71. The number of aromatic amines is 1. The molecule has 0 saturated heterocycles. The van der Waals surface area contributed by atoms with E-state index in [-0.39, 0.29) is 0 Å². The van der Waals surface area contributed by atoms with Crippen LogP contribution in [0.25, 0.3) is 0 Å². The van der Waals surface area contributed by atoms with Gasteiger partial charge in [-0.15, -0.1) is 0 Å². The van der Waals surface area contributed by atoms with Gasteiger partial charge >= 0.3 is 0 Å². The number of benzene rings is 1. The minimum absolute atomic E-state index is 0.468. The summed E-state index contributed by atoms with van der Waals surface area (Å²) in [5, 5.41) is 10.6. The van der Waals surface area contributed by atoms with Gasteiger partial charge in [0.05, 0.1) is 12.8 Å². The third-order valence-corrected chi connectivity index (χ3v) is 2.79. The van der Waals surface area contributed by atoms with E-state index in [4.69, 9.17) is 17.0 Å². The number of ether oxygens (including phenoxy) is 1. The van der Waals surface area contributed by atoms with Crippen molar-refractivity contribution >= 4 is 18.4 Å². The summed E-state index contributed by atoms with van der Waals surface area (Å²) in [4.78, 5) is 0. The van der Waals surface area contributed by atoms with Gasteiger partial charge < -0.3 is 4.74 Å². The molecule has 0 bridgehead atoms. The zero-order chi connectivity index (χ0) is 13.5. The van der Waals surface area contributed by atoms with Gasteiger partial charge in [0.25, 0.3) is 0 Å². The van der Waals surface area contributed by atoms with Crippen molar-refractivity contribution in [2.45, 2.75) is 19.8 Å². The fourth-order valence-electron chi connectivity index (χ4n) is 1.44. The Balaban J connectivity index is 1.97. The molecule has 0 spiro atoms. The van der Waals surface area contributed by atoms with Crippen molar-refractivity contribution in [1.29, 1.82) is 0 Å². The van der Waals surface area contributed by atoms with E-state index in [1.165, 1.54) is 11.0 Å². The van der Waals surface area contributed by atoms with Crippen LogP contribution in [0.2, 0.25) is 0 Å².